The third kappa shape index (κ3) is 4.40. The molecule has 2 N–H and O–H groups in total. The van der Waals surface area contributed by atoms with Gasteiger partial charge in [0, 0.05) is 12.7 Å². The molecule has 1 fully saturated rings. The molecule has 0 bridgehead atoms. The number of benzene rings is 1. The van der Waals surface area contributed by atoms with E-state index < -0.39 is 0 Å². The van der Waals surface area contributed by atoms with Gasteiger partial charge in [-0.05, 0) is 50.1 Å². The number of halogens is 1. The SMILES string of the molecule is CC(NC(=O)c1ccn(C2CCCNC2)n1)c1ccc(-n2cncn2)cc1.Cl. The molecule has 8 nitrogen and oxygen atoms in total. The molecule has 2 unspecified atom stereocenters. The Morgan fingerprint density at radius 3 is 2.79 bits per heavy atom. The number of hydrogen-bond acceptors (Lipinski definition) is 5. The Labute approximate surface area is 169 Å². The summed E-state index contributed by atoms with van der Waals surface area (Å²) >= 11 is 0. The van der Waals surface area contributed by atoms with Crippen molar-refractivity contribution >= 4 is 18.3 Å². The summed E-state index contributed by atoms with van der Waals surface area (Å²) in [7, 11) is 0. The summed E-state index contributed by atoms with van der Waals surface area (Å²) in [5.41, 5.74) is 2.39. The van der Waals surface area contributed by atoms with Gasteiger partial charge in [-0.25, -0.2) is 9.67 Å². The van der Waals surface area contributed by atoms with Crippen LogP contribution >= 0.6 is 12.4 Å². The highest BCUT2D eigenvalue weighted by Crippen LogP contribution is 2.18. The van der Waals surface area contributed by atoms with Crippen LogP contribution in [0.1, 0.15) is 47.9 Å². The molecule has 28 heavy (non-hydrogen) atoms. The summed E-state index contributed by atoms with van der Waals surface area (Å²) in [6.45, 7) is 3.92. The van der Waals surface area contributed by atoms with Crippen molar-refractivity contribution in [2.24, 2.45) is 0 Å². The second kappa shape index (κ2) is 8.99. The summed E-state index contributed by atoms with van der Waals surface area (Å²) < 4.78 is 3.60. The molecule has 2 aromatic heterocycles. The highest BCUT2D eigenvalue weighted by molar-refractivity contribution is 5.92. The Hall–Kier alpha value is -2.71. The molecule has 3 aromatic rings. The minimum atomic E-state index is -0.162. The Balaban J connectivity index is 0.00000225. The summed E-state index contributed by atoms with van der Waals surface area (Å²) in [5, 5.41) is 15.0. The van der Waals surface area contributed by atoms with Crippen LogP contribution in [0.2, 0.25) is 0 Å². The number of piperidine rings is 1. The van der Waals surface area contributed by atoms with Crippen molar-refractivity contribution in [1.29, 1.82) is 0 Å². The molecular formula is C19H24ClN7O. The first-order valence-corrected chi connectivity index (χ1v) is 9.22. The van der Waals surface area contributed by atoms with Crippen LogP contribution in [0.25, 0.3) is 5.69 Å². The van der Waals surface area contributed by atoms with Gasteiger partial charge < -0.3 is 10.6 Å². The molecule has 148 valence electrons. The average molecular weight is 402 g/mol. The third-order valence-corrected chi connectivity index (χ3v) is 4.91. The lowest BCUT2D eigenvalue weighted by Crippen LogP contribution is -2.32. The predicted octanol–water partition coefficient (Wildman–Crippen LogP) is 2.30. The first-order valence-electron chi connectivity index (χ1n) is 9.22. The standard InChI is InChI=1S/C19H23N7O.ClH/c1-14(15-4-6-16(7-5-15)26-13-21-12-22-26)23-19(27)18-8-10-25(24-18)17-3-2-9-20-11-17;/h4-8,10,12-14,17,20H,2-3,9,11H2,1H3,(H,23,27);1H. The van der Waals surface area contributed by atoms with Crippen LogP contribution in [0, 0.1) is 0 Å². The number of aromatic nitrogens is 5. The second-order valence-corrected chi connectivity index (χ2v) is 6.81. The van der Waals surface area contributed by atoms with Gasteiger partial charge in [0.15, 0.2) is 0 Å². The van der Waals surface area contributed by atoms with E-state index in [-0.39, 0.29) is 24.4 Å². The lowest BCUT2D eigenvalue weighted by molar-refractivity contribution is 0.0933. The van der Waals surface area contributed by atoms with Crippen molar-refractivity contribution < 1.29 is 4.79 Å². The van der Waals surface area contributed by atoms with Crippen LogP contribution < -0.4 is 10.6 Å². The first kappa shape index (κ1) is 20.0. The van der Waals surface area contributed by atoms with Gasteiger partial charge in [0.1, 0.15) is 18.3 Å². The van der Waals surface area contributed by atoms with Gasteiger partial charge in [0.05, 0.1) is 17.8 Å². The van der Waals surface area contributed by atoms with E-state index in [1.54, 1.807) is 17.1 Å². The van der Waals surface area contributed by atoms with Gasteiger partial charge in [-0.2, -0.15) is 10.2 Å². The second-order valence-electron chi connectivity index (χ2n) is 6.81. The number of rotatable bonds is 5. The van der Waals surface area contributed by atoms with E-state index in [9.17, 15) is 4.79 Å². The fourth-order valence-electron chi connectivity index (χ4n) is 3.33. The van der Waals surface area contributed by atoms with E-state index in [1.165, 1.54) is 6.33 Å². The van der Waals surface area contributed by atoms with Crippen molar-refractivity contribution in [3.8, 4) is 5.69 Å². The number of carbonyl (C=O) groups excluding carboxylic acids is 1. The lowest BCUT2D eigenvalue weighted by atomic mass is 10.1. The highest BCUT2D eigenvalue weighted by atomic mass is 35.5. The molecule has 2 atom stereocenters. The number of nitrogens with zero attached hydrogens (tertiary/aromatic N) is 5. The van der Waals surface area contributed by atoms with Crippen LogP contribution in [0.3, 0.4) is 0 Å². The Kier molecular flexibility index (Phi) is 6.43. The Bertz CT molecular complexity index is 885. The molecule has 1 aromatic carbocycles. The van der Waals surface area contributed by atoms with E-state index in [0.29, 0.717) is 11.7 Å². The largest absolute Gasteiger partial charge is 0.344 e. The van der Waals surface area contributed by atoms with Gasteiger partial charge >= 0.3 is 0 Å². The molecule has 4 rings (SSSR count). The maximum atomic E-state index is 12.6. The molecule has 0 aliphatic carbocycles. The zero-order chi connectivity index (χ0) is 18.6. The molecule has 1 saturated heterocycles. The van der Waals surface area contributed by atoms with E-state index >= 15 is 0 Å². The van der Waals surface area contributed by atoms with Gasteiger partial charge in [-0.15, -0.1) is 12.4 Å². The van der Waals surface area contributed by atoms with Crippen LogP contribution in [0.5, 0.6) is 0 Å². The smallest absolute Gasteiger partial charge is 0.272 e. The number of carbonyl (C=O) groups is 1. The predicted molar refractivity (Wildman–Crippen MR) is 108 cm³/mol. The van der Waals surface area contributed by atoms with Gasteiger partial charge in [0.25, 0.3) is 5.91 Å². The molecule has 3 heterocycles. The first-order chi connectivity index (χ1) is 13.2. The molecule has 0 saturated carbocycles. The summed E-state index contributed by atoms with van der Waals surface area (Å²) in [4.78, 5) is 16.5. The van der Waals surface area contributed by atoms with Crippen LogP contribution in [-0.2, 0) is 0 Å². The fraction of sp³-hybridized carbons (Fsp3) is 0.368. The Morgan fingerprint density at radius 1 is 1.29 bits per heavy atom. The van der Waals surface area contributed by atoms with E-state index in [4.69, 9.17) is 0 Å². The normalized spacial score (nSPS) is 17.5. The van der Waals surface area contributed by atoms with Gasteiger partial charge in [0.2, 0.25) is 0 Å². The van der Waals surface area contributed by atoms with Gasteiger partial charge in [-0.1, -0.05) is 12.1 Å². The van der Waals surface area contributed by atoms with Crippen molar-refractivity contribution in [2.45, 2.75) is 31.8 Å². The maximum absolute atomic E-state index is 12.6. The monoisotopic (exact) mass is 401 g/mol. The number of nitrogens with one attached hydrogen (secondary N) is 2. The van der Waals surface area contributed by atoms with Crippen molar-refractivity contribution in [2.75, 3.05) is 13.1 Å². The van der Waals surface area contributed by atoms with Crippen LogP contribution in [0.4, 0.5) is 0 Å². The molecule has 0 spiro atoms. The highest BCUT2D eigenvalue weighted by Gasteiger charge is 2.19. The van der Waals surface area contributed by atoms with E-state index in [2.05, 4.69) is 25.8 Å². The minimum Gasteiger partial charge on any atom is -0.344 e. The lowest BCUT2D eigenvalue weighted by Gasteiger charge is -2.22. The zero-order valence-electron chi connectivity index (χ0n) is 15.7. The van der Waals surface area contributed by atoms with Crippen molar-refractivity contribution in [1.82, 2.24) is 35.2 Å². The average Bonchev–Trinajstić information content (AvgIpc) is 3.41. The quantitative estimate of drug-likeness (QED) is 0.684. The summed E-state index contributed by atoms with van der Waals surface area (Å²) in [6, 6.07) is 9.85. The van der Waals surface area contributed by atoms with Crippen LogP contribution in [-0.4, -0.2) is 43.5 Å². The van der Waals surface area contributed by atoms with E-state index in [1.807, 2.05) is 42.1 Å². The topological polar surface area (TPSA) is 89.7 Å². The molecule has 1 aliphatic rings. The van der Waals surface area contributed by atoms with Crippen molar-refractivity contribution in [3.63, 3.8) is 0 Å². The number of hydrogen-bond donors (Lipinski definition) is 2. The molecule has 1 amide bonds. The fourth-order valence-corrected chi connectivity index (χ4v) is 3.33. The van der Waals surface area contributed by atoms with E-state index in [0.717, 1.165) is 37.2 Å². The third-order valence-electron chi connectivity index (χ3n) is 4.91. The maximum Gasteiger partial charge on any atom is 0.272 e. The summed E-state index contributed by atoms with van der Waals surface area (Å²) in [6.07, 6.45) is 7.26. The molecular weight excluding hydrogens is 378 g/mol. The number of amides is 1. The van der Waals surface area contributed by atoms with Gasteiger partial charge in [-0.3, -0.25) is 9.48 Å². The minimum absolute atomic E-state index is 0. The summed E-state index contributed by atoms with van der Waals surface area (Å²) in [5.74, 6) is -0.162. The molecule has 9 heteroatoms. The molecule has 0 radical (unpaired) electrons. The molecule has 1 aliphatic heterocycles. The zero-order valence-corrected chi connectivity index (χ0v) is 16.5. The van der Waals surface area contributed by atoms with Crippen molar-refractivity contribution in [3.05, 3.63) is 60.4 Å². The Morgan fingerprint density at radius 2 is 2.11 bits per heavy atom. The van der Waals surface area contributed by atoms with Crippen LogP contribution in [0.15, 0.2) is 49.2 Å².